The monoisotopic (exact) mass is 443 g/mol. The minimum absolute atomic E-state index is 0.103. The Morgan fingerprint density at radius 3 is 2.81 bits per heavy atom. The number of anilines is 1. The van der Waals surface area contributed by atoms with Crippen LogP contribution in [0.2, 0.25) is 0 Å². The van der Waals surface area contributed by atoms with Crippen LogP contribution in [-0.4, -0.2) is 92.0 Å². The summed E-state index contributed by atoms with van der Waals surface area (Å²) in [5.74, 6) is -1.98. The number of imide groups is 2. The highest BCUT2D eigenvalue weighted by Crippen LogP contribution is 2.32. The van der Waals surface area contributed by atoms with Crippen LogP contribution < -0.4 is 16.0 Å². The lowest BCUT2D eigenvalue weighted by Gasteiger charge is -2.32. The van der Waals surface area contributed by atoms with Crippen LogP contribution in [0.1, 0.15) is 40.0 Å². The van der Waals surface area contributed by atoms with Gasteiger partial charge in [-0.1, -0.05) is 6.07 Å². The van der Waals surface area contributed by atoms with E-state index >= 15 is 0 Å². The molecule has 32 heavy (non-hydrogen) atoms. The Bertz CT molecular complexity index is 918. The van der Waals surface area contributed by atoms with Gasteiger partial charge in [0.15, 0.2) is 0 Å². The van der Waals surface area contributed by atoms with Crippen LogP contribution in [0.5, 0.6) is 0 Å². The molecule has 1 aromatic carbocycles. The second-order valence-electron chi connectivity index (χ2n) is 8.31. The topological polar surface area (TPSA) is 120 Å². The SMILES string of the molecule is CNC[C@H]1CN(CCCNc2cccc3c2C(=O)N(C2CCC(=O)NC2=O)C3=O)CCO1. The maximum Gasteiger partial charge on any atom is 0.264 e. The van der Waals surface area contributed by atoms with Crippen LogP contribution in [0.4, 0.5) is 5.69 Å². The highest BCUT2D eigenvalue weighted by molar-refractivity contribution is 6.25. The molecule has 0 radical (unpaired) electrons. The first-order valence-corrected chi connectivity index (χ1v) is 11.1. The summed E-state index contributed by atoms with van der Waals surface area (Å²) < 4.78 is 5.73. The summed E-state index contributed by atoms with van der Waals surface area (Å²) in [6.07, 6.45) is 1.31. The molecule has 2 atom stereocenters. The fourth-order valence-corrected chi connectivity index (χ4v) is 4.52. The third-order valence-electron chi connectivity index (χ3n) is 6.09. The number of amides is 4. The highest BCUT2D eigenvalue weighted by Gasteiger charge is 2.45. The Balaban J connectivity index is 1.37. The van der Waals surface area contributed by atoms with Gasteiger partial charge in [0.25, 0.3) is 11.8 Å². The van der Waals surface area contributed by atoms with Gasteiger partial charge in [-0.15, -0.1) is 0 Å². The molecule has 0 bridgehead atoms. The zero-order valence-electron chi connectivity index (χ0n) is 18.2. The molecule has 3 N–H and O–H groups in total. The number of nitrogens with zero attached hydrogens (tertiary/aromatic N) is 2. The number of rotatable bonds is 8. The maximum atomic E-state index is 13.1. The Morgan fingerprint density at radius 1 is 1.19 bits per heavy atom. The number of piperidine rings is 1. The molecule has 10 nitrogen and oxygen atoms in total. The zero-order chi connectivity index (χ0) is 22.7. The molecule has 0 saturated carbocycles. The quantitative estimate of drug-likeness (QED) is 0.374. The number of likely N-dealkylation sites (N-methyl/N-ethyl adjacent to an activating group) is 1. The lowest BCUT2D eigenvalue weighted by molar-refractivity contribution is -0.136. The van der Waals surface area contributed by atoms with Gasteiger partial charge in [0, 0.05) is 44.8 Å². The van der Waals surface area contributed by atoms with E-state index in [0.29, 0.717) is 17.8 Å². The molecule has 2 saturated heterocycles. The smallest absolute Gasteiger partial charge is 0.264 e. The Morgan fingerprint density at radius 2 is 2.03 bits per heavy atom. The zero-order valence-corrected chi connectivity index (χ0v) is 18.2. The van der Waals surface area contributed by atoms with E-state index in [1.807, 2.05) is 7.05 Å². The Labute approximate surface area is 186 Å². The molecule has 172 valence electrons. The van der Waals surface area contributed by atoms with Gasteiger partial charge in [-0.2, -0.15) is 0 Å². The number of carbonyl (C=O) groups is 4. The normalized spacial score (nSPS) is 24.0. The standard InChI is InChI=1S/C22H29N5O5/c1-23-12-14-13-26(10-11-32-14)9-3-8-24-16-5-2-4-15-19(16)22(31)27(21(15)30)17-6-7-18(28)25-20(17)29/h2,4-5,14,17,23-24H,3,6-13H2,1H3,(H,25,28,29)/t14-,17?/m0/s1. The van der Waals surface area contributed by atoms with Gasteiger partial charge in [0.1, 0.15) is 6.04 Å². The van der Waals surface area contributed by atoms with Crippen molar-refractivity contribution in [3.8, 4) is 0 Å². The van der Waals surface area contributed by atoms with Crippen LogP contribution in [0.3, 0.4) is 0 Å². The Kier molecular flexibility index (Phi) is 6.83. The molecule has 3 heterocycles. The first-order valence-electron chi connectivity index (χ1n) is 11.1. The van der Waals surface area contributed by atoms with E-state index in [2.05, 4.69) is 20.9 Å². The van der Waals surface area contributed by atoms with Gasteiger partial charge in [0.2, 0.25) is 11.8 Å². The number of ether oxygens (including phenoxy) is 1. The van der Waals surface area contributed by atoms with Crippen LogP contribution in [0.15, 0.2) is 18.2 Å². The molecule has 10 heteroatoms. The van der Waals surface area contributed by atoms with Gasteiger partial charge in [0.05, 0.1) is 23.8 Å². The van der Waals surface area contributed by atoms with Crippen molar-refractivity contribution in [1.29, 1.82) is 0 Å². The van der Waals surface area contributed by atoms with E-state index in [1.54, 1.807) is 18.2 Å². The number of fused-ring (bicyclic) bond motifs is 1. The van der Waals surface area contributed by atoms with Crippen molar-refractivity contribution in [3.63, 3.8) is 0 Å². The van der Waals surface area contributed by atoms with E-state index in [4.69, 9.17) is 4.74 Å². The third kappa shape index (κ3) is 4.52. The summed E-state index contributed by atoms with van der Waals surface area (Å²) in [5.41, 5.74) is 1.17. The molecular weight excluding hydrogens is 414 g/mol. The molecule has 0 aromatic heterocycles. The molecule has 0 spiro atoms. The number of morpholine rings is 1. The van der Waals surface area contributed by atoms with Gasteiger partial charge < -0.3 is 15.4 Å². The molecule has 1 aromatic rings. The van der Waals surface area contributed by atoms with Gasteiger partial charge >= 0.3 is 0 Å². The molecule has 3 aliphatic heterocycles. The third-order valence-corrected chi connectivity index (χ3v) is 6.09. The summed E-state index contributed by atoms with van der Waals surface area (Å²) in [5, 5.41) is 8.65. The van der Waals surface area contributed by atoms with E-state index in [9.17, 15) is 19.2 Å². The maximum absolute atomic E-state index is 13.1. The van der Waals surface area contributed by atoms with Crippen molar-refractivity contribution in [2.45, 2.75) is 31.4 Å². The first kappa shape index (κ1) is 22.4. The molecule has 2 fully saturated rings. The fourth-order valence-electron chi connectivity index (χ4n) is 4.52. The van der Waals surface area contributed by atoms with Crippen LogP contribution in [0, 0.1) is 0 Å². The number of hydrogen-bond donors (Lipinski definition) is 3. The van der Waals surface area contributed by atoms with E-state index < -0.39 is 23.8 Å². The highest BCUT2D eigenvalue weighted by atomic mass is 16.5. The van der Waals surface area contributed by atoms with Crippen molar-refractivity contribution in [2.75, 3.05) is 51.7 Å². The summed E-state index contributed by atoms with van der Waals surface area (Å²) in [4.78, 5) is 53.0. The minimum atomic E-state index is -0.958. The first-order chi connectivity index (χ1) is 15.5. The van der Waals surface area contributed by atoms with Crippen molar-refractivity contribution >= 4 is 29.3 Å². The average Bonchev–Trinajstić information content (AvgIpc) is 3.03. The lowest BCUT2D eigenvalue weighted by atomic mass is 10.0. The second kappa shape index (κ2) is 9.76. The predicted octanol–water partition coefficient (Wildman–Crippen LogP) is -0.190. The number of carbonyl (C=O) groups excluding carboxylic acids is 4. The minimum Gasteiger partial charge on any atom is -0.384 e. The van der Waals surface area contributed by atoms with Crippen molar-refractivity contribution in [1.82, 2.24) is 20.4 Å². The largest absolute Gasteiger partial charge is 0.384 e. The van der Waals surface area contributed by atoms with Crippen molar-refractivity contribution in [2.24, 2.45) is 0 Å². The van der Waals surface area contributed by atoms with Gasteiger partial charge in [-0.05, 0) is 32.0 Å². The number of hydrogen-bond acceptors (Lipinski definition) is 8. The molecule has 4 rings (SSSR count). The molecular formula is C22H29N5O5. The number of nitrogens with one attached hydrogen (secondary N) is 3. The molecule has 1 unspecified atom stereocenters. The number of benzene rings is 1. The van der Waals surface area contributed by atoms with Gasteiger partial charge in [-0.25, -0.2) is 0 Å². The summed E-state index contributed by atoms with van der Waals surface area (Å²) in [6, 6.07) is 4.14. The summed E-state index contributed by atoms with van der Waals surface area (Å²) in [6.45, 7) is 4.87. The lowest BCUT2D eigenvalue weighted by Crippen LogP contribution is -2.54. The van der Waals surface area contributed by atoms with E-state index in [0.717, 1.165) is 44.1 Å². The molecule has 4 amide bonds. The van der Waals surface area contributed by atoms with Crippen LogP contribution in [-0.2, 0) is 14.3 Å². The Hall–Kier alpha value is -2.82. The fraction of sp³-hybridized carbons (Fsp3) is 0.545. The van der Waals surface area contributed by atoms with Crippen molar-refractivity contribution < 1.29 is 23.9 Å². The average molecular weight is 444 g/mol. The van der Waals surface area contributed by atoms with Crippen molar-refractivity contribution in [3.05, 3.63) is 29.3 Å². The van der Waals surface area contributed by atoms with Crippen LogP contribution in [0.25, 0.3) is 0 Å². The van der Waals surface area contributed by atoms with E-state index in [1.165, 1.54) is 0 Å². The molecule has 3 aliphatic rings. The second-order valence-corrected chi connectivity index (χ2v) is 8.31. The molecule has 0 aliphatic carbocycles. The summed E-state index contributed by atoms with van der Waals surface area (Å²) in [7, 11) is 1.91. The van der Waals surface area contributed by atoms with E-state index in [-0.39, 0.29) is 30.4 Å². The van der Waals surface area contributed by atoms with Crippen LogP contribution >= 0.6 is 0 Å². The predicted molar refractivity (Wildman–Crippen MR) is 116 cm³/mol. The summed E-state index contributed by atoms with van der Waals surface area (Å²) >= 11 is 0. The van der Waals surface area contributed by atoms with Gasteiger partial charge in [-0.3, -0.25) is 34.3 Å².